The van der Waals surface area contributed by atoms with Crippen molar-refractivity contribution in [2.24, 2.45) is 5.92 Å². The maximum atomic E-state index is 16.2. The second kappa shape index (κ2) is 9.80. The molecule has 6 aromatic rings. The van der Waals surface area contributed by atoms with Gasteiger partial charge in [-0.1, -0.05) is 25.0 Å². The predicted octanol–water partition coefficient (Wildman–Crippen LogP) is 6.43. The molecular weight excluding hydrogens is 512 g/mol. The molecule has 1 aliphatic carbocycles. The van der Waals surface area contributed by atoms with Crippen LogP contribution in [0.3, 0.4) is 0 Å². The lowest BCUT2D eigenvalue weighted by Gasteiger charge is -2.20. The number of aliphatic hydroxyl groups is 1. The highest BCUT2D eigenvalue weighted by atomic mass is 19.1. The van der Waals surface area contributed by atoms with Crippen molar-refractivity contribution in [1.82, 2.24) is 30.1 Å². The van der Waals surface area contributed by atoms with Gasteiger partial charge in [-0.2, -0.15) is 5.10 Å². The molecule has 4 N–H and O–H groups in total. The molecule has 200 valence electrons. The quantitative estimate of drug-likeness (QED) is 0.182. The summed E-state index contributed by atoms with van der Waals surface area (Å²) in [5.74, 6) is -0.288. The van der Waals surface area contributed by atoms with Crippen molar-refractivity contribution in [2.75, 3.05) is 5.32 Å². The zero-order chi connectivity index (χ0) is 27.2. The van der Waals surface area contributed by atoms with Crippen molar-refractivity contribution >= 4 is 27.6 Å². The smallest absolute Gasteiger partial charge is 0.159 e. The van der Waals surface area contributed by atoms with Gasteiger partial charge in [-0.15, -0.1) is 0 Å². The van der Waals surface area contributed by atoms with E-state index in [9.17, 15) is 9.50 Å². The fourth-order valence-electron chi connectivity index (χ4n) is 5.59. The highest BCUT2D eigenvalue weighted by Crippen LogP contribution is 2.36. The molecule has 1 fully saturated rings. The van der Waals surface area contributed by atoms with Crippen molar-refractivity contribution in [3.05, 3.63) is 78.8 Å². The van der Waals surface area contributed by atoms with Gasteiger partial charge in [-0.25, -0.2) is 13.8 Å². The number of aliphatic hydroxyl groups excluding tert-OH is 1. The Labute approximate surface area is 227 Å². The van der Waals surface area contributed by atoms with E-state index in [1.165, 1.54) is 12.1 Å². The number of imidazole rings is 1. The molecule has 1 aliphatic rings. The van der Waals surface area contributed by atoms with Crippen LogP contribution in [-0.2, 0) is 0 Å². The van der Waals surface area contributed by atoms with E-state index in [0.717, 1.165) is 25.7 Å². The molecule has 10 heteroatoms. The zero-order valence-electron chi connectivity index (χ0n) is 21.3. The summed E-state index contributed by atoms with van der Waals surface area (Å²) in [5.41, 5.74) is 4.66. The van der Waals surface area contributed by atoms with Gasteiger partial charge in [0, 0.05) is 35.0 Å². The van der Waals surface area contributed by atoms with Gasteiger partial charge in [-0.05, 0) is 49.2 Å². The molecule has 40 heavy (non-hydrogen) atoms. The fourth-order valence-corrected chi connectivity index (χ4v) is 5.59. The van der Waals surface area contributed by atoms with E-state index in [4.69, 9.17) is 4.98 Å². The molecule has 0 bridgehead atoms. The van der Waals surface area contributed by atoms with Crippen LogP contribution in [0.25, 0.3) is 55.8 Å². The Balaban J connectivity index is 1.28. The van der Waals surface area contributed by atoms with E-state index in [1.807, 2.05) is 0 Å². The summed E-state index contributed by atoms with van der Waals surface area (Å²) in [6.45, 7) is 0. The first-order valence-corrected chi connectivity index (χ1v) is 13.2. The number of H-pyrrole nitrogens is 2. The summed E-state index contributed by atoms with van der Waals surface area (Å²) in [5, 5.41) is 21.3. The average Bonchev–Trinajstić information content (AvgIpc) is 3.73. The Morgan fingerprint density at radius 3 is 2.67 bits per heavy atom. The van der Waals surface area contributed by atoms with Crippen LogP contribution in [0, 0.1) is 17.6 Å². The molecule has 1 saturated carbocycles. The zero-order valence-corrected chi connectivity index (χ0v) is 21.3. The van der Waals surface area contributed by atoms with Crippen LogP contribution < -0.4 is 5.32 Å². The molecule has 1 atom stereocenters. The van der Waals surface area contributed by atoms with Crippen LogP contribution >= 0.6 is 0 Å². The minimum absolute atomic E-state index is 0.200. The monoisotopic (exact) mass is 537 g/mol. The van der Waals surface area contributed by atoms with Crippen LogP contribution in [0.15, 0.2) is 67.1 Å². The number of halogens is 2. The lowest BCUT2D eigenvalue weighted by molar-refractivity contribution is 0.137. The molecule has 2 aromatic carbocycles. The van der Waals surface area contributed by atoms with E-state index in [0.29, 0.717) is 56.1 Å². The van der Waals surface area contributed by atoms with E-state index in [-0.39, 0.29) is 17.1 Å². The van der Waals surface area contributed by atoms with E-state index >= 15 is 4.39 Å². The number of hydrogen-bond acceptors (Lipinski definition) is 6. The number of aromatic amines is 2. The van der Waals surface area contributed by atoms with Crippen molar-refractivity contribution in [3.8, 4) is 33.9 Å². The molecule has 4 heterocycles. The number of rotatable bonds is 6. The first-order chi connectivity index (χ1) is 19.5. The minimum atomic E-state index is -0.674. The Morgan fingerprint density at radius 2 is 1.82 bits per heavy atom. The second-order valence-electron chi connectivity index (χ2n) is 10.2. The molecule has 0 radical (unpaired) electrons. The maximum Gasteiger partial charge on any atom is 0.159 e. The van der Waals surface area contributed by atoms with Gasteiger partial charge in [0.25, 0.3) is 0 Å². The summed E-state index contributed by atoms with van der Waals surface area (Å²) in [6, 6.07) is 13.1. The Morgan fingerprint density at radius 1 is 0.950 bits per heavy atom. The van der Waals surface area contributed by atoms with Crippen molar-refractivity contribution < 1.29 is 13.9 Å². The molecule has 1 unspecified atom stereocenters. The van der Waals surface area contributed by atoms with Gasteiger partial charge in [-0.3, -0.25) is 15.1 Å². The number of fused-ring (bicyclic) bond motifs is 2. The number of anilines is 1. The van der Waals surface area contributed by atoms with Gasteiger partial charge in [0.05, 0.1) is 34.0 Å². The van der Waals surface area contributed by atoms with Crippen molar-refractivity contribution in [1.29, 1.82) is 0 Å². The molecule has 4 aromatic heterocycles. The SMILES string of the molecule is OC(Nc1cncc(-c2ccc3[nH]nc(-c4nc5c(-c6cccc(F)c6)nccc5[nH]4)c3c2F)c1)C1CCCC1. The Bertz CT molecular complexity index is 1860. The van der Waals surface area contributed by atoms with Gasteiger partial charge in [0.15, 0.2) is 5.82 Å². The number of hydrogen-bond donors (Lipinski definition) is 4. The van der Waals surface area contributed by atoms with E-state index in [1.54, 1.807) is 55.0 Å². The topological polar surface area (TPSA) is 115 Å². The van der Waals surface area contributed by atoms with Crippen LogP contribution in [0.1, 0.15) is 25.7 Å². The molecule has 0 aliphatic heterocycles. The fraction of sp³-hybridized carbons (Fsp3) is 0.200. The molecule has 0 saturated heterocycles. The normalized spacial score (nSPS) is 14.8. The number of pyridine rings is 2. The number of aromatic nitrogens is 6. The summed E-state index contributed by atoms with van der Waals surface area (Å²) in [6.07, 6.45) is 8.36. The number of nitrogens with zero attached hydrogens (tertiary/aromatic N) is 4. The summed E-state index contributed by atoms with van der Waals surface area (Å²) >= 11 is 0. The molecule has 7 rings (SSSR count). The van der Waals surface area contributed by atoms with Crippen LogP contribution in [0.2, 0.25) is 0 Å². The van der Waals surface area contributed by atoms with Gasteiger partial charge >= 0.3 is 0 Å². The molecule has 0 amide bonds. The Hall–Kier alpha value is -4.70. The summed E-state index contributed by atoms with van der Waals surface area (Å²) in [4.78, 5) is 16.6. The summed E-state index contributed by atoms with van der Waals surface area (Å²) in [7, 11) is 0. The minimum Gasteiger partial charge on any atom is -0.374 e. The third kappa shape index (κ3) is 4.26. The third-order valence-corrected chi connectivity index (χ3v) is 7.60. The maximum absolute atomic E-state index is 16.2. The lowest BCUT2D eigenvalue weighted by atomic mass is 10.0. The lowest BCUT2D eigenvalue weighted by Crippen LogP contribution is -2.26. The van der Waals surface area contributed by atoms with Crippen LogP contribution in [-0.4, -0.2) is 41.5 Å². The first-order valence-electron chi connectivity index (χ1n) is 13.2. The van der Waals surface area contributed by atoms with Crippen LogP contribution in [0.4, 0.5) is 14.5 Å². The average molecular weight is 538 g/mol. The molecular formula is C30H25F2N7O. The van der Waals surface area contributed by atoms with Gasteiger partial charge < -0.3 is 15.4 Å². The second-order valence-corrected chi connectivity index (χ2v) is 10.2. The van der Waals surface area contributed by atoms with Crippen molar-refractivity contribution in [2.45, 2.75) is 31.9 Å². The first kappa shape index (κ1) is 24.3. The molecule has 0 spiro atoms. The predicted molar refractivity (Wildman–Crippen MR) is 149 cm³/mol. The number of benzene rings is 2. The Kier molecular flexibility index (Phi) is 5.96. The number of nitrogens with one attached hydrogen (secondary N) is 3. The highest BCUT2D eigenvalue weighted by molar-refractivity contribution is 5.98. The summed E-state index contributed by atoms with van der Waals surface area (Å²) < 4.78 is 30.1. The van der Waals surface area contributed by atoms with Crippen molar-refractivity contribution in [3.63, 3.8) is 0 Å². The van der Waals surface area contributed by atoms with E-state index in [2.05, 4.69) is 30.5 Å². The standard InChI is InChI=1S/C30H25F2N7O/c31-19-7-3-6-17(12-19)26-27-23(10-11-34-26)36-29(37-27)28-24-22(38-39-28)9-8-21(25(24)32)18-13-20(15-33-14-18)35-30(40)16-4-1-2-5-16/h3,6-16,30,35,40H,1-2,4-5H2,(H,36,37)(H,38,39). The molecule has 8 nitrogen and oxygen atoms in total. The van der Waals surface area contributed by atoms with E-state index < -0.39 is 12.0 Å². The third-order valence-electron chi connectivity index (χ3n) is 7.60. The van der Waals surface area contributed by atoms with Crippen LogP contribution in [0.5, 0.6) is 0 Å². The highest BCUT2D eigenvalue weighted by Gasteiger charge is 2.24. The van der Waals surface area contributed by atoms with Gasteiger partial charge in [0.1, 0.15) is 29.1 Å². The van der Waals surface area contributed by atoms with Gasteiger partial charge in [0.2, 0.25) is 0 Å². The largest absolute Gasteiger partial charge is 0.374 e.